The van der Waals surface area contributed by atoms with E-state index < -0.39 is 0 Å². The smallest absolute Gasteiger partial charge is 0.0202 e. The molecule has 3 rings (SSSR count). The van der Waals surface area contributed by atoms with Crippen LogP contribution in [0.15, 0.2) is 12.2 Å². The molecule has 0 amide bonds. The first-order chi connectivity index (χ1) is 6.45. The molecule has 0 radical (unpaired) electrons. The lowest BCUT2D eigenvalue weighted by Crippen LogP contribution is -2.32. The van der Waals surface area contributed by atoms with Crippen LogP contribution in [0.2, 0.25) is 0 Å². The highest BCUT2D eigenvalue weighted by atomic mass is 14.5. The number of hydrogen-bond acceptors (Lipinski definition) is 0. The van der Waals surface area contributed by atoms with Crippen molar-refractivity contribution in [1.82, 2.24) is 0 Å². The molecule has 2 fully saturated rings. The monoisotopic (exact) mass is 176 g/mol. The molecule has 0 N–H and O–H groups in total. The lowest BCUT2D eigenvalue weighted by Gasteiger charge is -2.40. The molecule has 0 nitrogen and oxygen atoms in total. The molecule has 0 aliphatic heterocycles. The summed E-state index contributed by atoms with van der Waals surface area (Å²) in [5.74, 6) is 4.33. The van der Waals surface area contributed by atoms with Crippen LogP contribution in [0.3, 0.4) is 0 Å². The SMILES string of the molecule is C1=CC2CCC3CCCC3C2CC1. The summed E-state index contributed by atoms with van der Waals surface area (Å²) in [6.45, 7) is 0. The molecule has 0 saturated heterocycles. The summed E-state index contributed by atoms with van der Waals surface area (Å²) in [5.41, 5.74) is 0. The second-order valence-electron chi connectivity index (χ2n) is 5.27. The van der Waals surface area contributed by atoms with Crippen LogP contribution in [0.5, 0.6) is 0 Å². The highest BCUT2D eigenvalue weighted by Gasteiger charge is 2.40. The summed E-state index contributed by atoms with van der Waals surface area (Å²) in [7, 11) is 0. The van der Waals surface area contributed by atoms with Crippen LogP contribution in [0.1, 0.15) is 44.9 Å². The van der Waals surface area contributed by atoms with Crippen LogP contribution >= 0.6 is 0 Å². The zero-order valence-electron chi connectivity index (χ0n) is 8.41. The molecule has 4 atom stereocenters. The molecule has 3 aliphatic carbocycles. The Morgan fingerprint density at radius 1 is 0.846 bits per heavy atom. The van der Waals surface area contributed by atoms with Crippen molar-refractivity contribution in [3.8, 4) is 0 Å². The van der Waals surface area contributed by atoms with Gasteiger partial charge in [-0.25, -0.2) is 0 Å². The molecule has 0 heteroatoms. The number of hydrogen-bond donors (Lipinski definition) is 0. The average Bonchev–Trinajstić information content (AvgIpc) is 2.65. The lowest BCUT2D eigenvalue weighted by atomic mass is 9.65. The van der Waals surface area contributed by atoms with Gasteiger partial charge < -0.3 is 0 Å². The first-order valence-corrected chi connectivity index (χ1v) is 6.12. The van der Waals surface area contributed by atoms with Crippen molar-refractivity contribution in [2.24, 2.45) is 23.7 Å². The Morgan fingerprint density at radius 2 is 1.85 bits per heavy atom. The highest BCUT2D eigenvalue weighted by Crippen LogP contribution is 2.50. The Morgan fingerprint density at radius 3 is 2.85 bits per heavy atom. The van der Waals surface area contributed by atoms with E-state index in [2.05, 4.69) is 12.2 Å². The quantitative estimate of drug-likeness (QED) is 0.493. The van der Waals surface area contributed by atoms with Gasteiger partial charge in [-0.2, -0.15) is 0 Å². The summed E-state index contributed by atoms with van der Waals surface area (Å²) in [6.07, 6.45) is 15.5. The topological polar surface area (TPSA) is 0 Å². The van der Waals surface area contributed by atoms with Crippen LogP contribution in [-0.2, 0) is 0 Å². The number of rotatable bonds is 0. The molecule has 13 heavy (non-hydrogen) atoms. The summed E-state index contributed by atoms with van der Waals surface area (Å²) in [5, 5.41) is 0. The first-order valence-electron chi connectivity index (χ1n) is 6.12. The number of fused-ring (bicyclic) bond motifs is 3. The third kappa shape index (κ3) is 1.26. The molecule has 0 aromatic heterocycles. The van der Waals surface area contributed by atoms with Crippen molar-refractivity contribution in [3.63, 3.8) is 0 Å². The maximum absolute atomic E-state index is 2.53. The van der Waals surface area contributed by atoms with Gasteiger partial charge in [-0.15, -0.1) is 0 Å². The Balaban J connectivity index is 1.82. The molecule has 0 aromatic rings. The van der Waals surface area contributed by atoms with Gasteiger partial charge in [0.25, 0.3) is 0 Å². The van der Waals surface area contributed by atoms with Gasteiger partial charge in [0.15, 0.2) is 0 Å². The highest BCUT2D eigenvalue weighted by molar-refractivity contribution is 5.03. The summed E-state index contributed by atoms with van der Waals surface area (Å²) in [4.78, 5) is 0. The summed E-state index contributed by atoms with van der Waals surface area (Å²) in [6, 6.07) is 0. The molecule has 0 spiro atoms. The van der Waals surface area contributed by atoms with Gasteiger partial charge in [0.1, 0.15) is 0 Å². The minimum absolute atomic E-state index is 0.980. The second-order valence-corrected chi connectivity index (χ2v) is 5.27. The summed E-state index contributed by atoms with van der Waals surface area (Å²) >= 11 is 0. The van der Waals surface area contributed by atoms with Crippen molar-refractivity contribution in [1.29, 1.82) is 0 Å². The normalized spacial score (nSPS) is 48.6. The van der Waals surface area contributed by atoms with Gasteiger partial charge in [0.2, 0.25) is 0 Å². The molecular formula is C13H20. The van der Waals surface area contributed by atoms with Gasteiger partial charge in [0, 0.05) is 0 Å². The van der Waals surface area contributed by atoms with Crippen LogP contribution in [0.4, 0.5) is 0 Å². The zero-order chi connectivity index (χ0) is 8.67. The van der Waals surface area contributed by atoms with Crippen molar-refractivity contribution >= 4 is 0 Å². The van der Waals surface area contributed by atoms with E-state index in [1.165, 1.54) is 32.1 Å². The van der Waals surface area contributed by atoms with Crippen molar-refractivity contribution in [3.05, 3.63) is 12.2 Å². The van der Waals surface area contributed by atoms with Crippen LogP contribution in [0, 0.1) is 23.7 Å². The molecule has 0 aromatic carbocycles. The van der Waals surface area contributed by atoms with E-state index in [0.717, 1.165) is 23.7 Å². The minimum Gasteiger partial charge on any atom is -0.0882 e. The number of allylic oxidation sites excluding steroid dienone is 2. The molecule has 3 aliphatic rings. The zero-order valence-corrected chi connectivity index (χ0v) is 8.41. The Kier molecular flexibility index (Phi) is 1.96. The summed E-state index contributed by atoms with van der Waals surface area (Å²) < 4.78 is 0. The van der Waals surface area contributed by atoms with Crippen molar-refractivity contribution in [2.45, 2.75) is 44.9 Å². The van der Waals surface area contributed by atoms with E-state index in [4.69, 9.17) is 0 Å². The first kappa shape index (κ1) is 8.08. The van der Waals surface area contributed by atoms with E-state index in [9.17, 15) is 0 Å². The van der Waals surface area contributed by atoms with Gasteiger partial charge >= 0.3 is 0 Å². The van der Waals surface area contributed by atoms with E-state index in [1.54, 1.807) is 12.8 Å². The predicted octanol–water partition coefficient (Wildman–Crippen LogP) is 3.78. The predicted molar refractivity (Wildman–Crippen MR) is 55.4 cm³/mol. The second kappa shape index (κ2) is 3.15. The molecular weight excluding hydrogens is 156 g/mol. The largest absolute Gasteiger partial charge is 0.0882 e. The van der Waals surface area contributed by atoms with Crippen LogP contribution in [0.25, 0.3) is 0 Å². The van der Waals surface area contributed by atoms with Crippen molar-refractivity contribution in [2.75, 3.05) is 0 Å². The molecule has 0 heterocycles. The fraction of sp³-hybridized carbons (Fsp3) is 0.846. The van der Waals surface area contributed by atoms with E-state index in [-0.39, 0.29) is 0 Å². The lowest BCUT2D eigenvalue weighted by molar-refractivity contribution is 0.125. The van der Waals surface area contributed by atoms with Gasteiger partial charge in [0.05, 0.1) is 0 Å². The minimum atomic E-state index is 0.980. The Hall–Kier alpha value is -0.260. The third-order valence-corrected chi connectivity index (χ3v) is 4.74. The molecule has 0 bridgehead atoms. The third-order valence-electron chi connectivity index (χ3n) is 4.74. The maximum Gasteiger partial charge on any atom is -0.0202 e. The van der Waals surface area contributed by atoms with Gasteiger partial charge in [-0.3, -0.25) is 0 Å². The maximum atomic E-state index is 2.53. The van der Waals surface area contributed by atoms with Crippen LogP contribution in [-0.4, -0.2) is 0 Å². The van der Waals surface area contributed by atoms with Crippen molar-refractivity contribution < 1.29 is 0 Å². The average molecular weight is 176 g/mol. The fourth-order valence-corrected chi connectivity index (χ4v) is 4.15. The van der Waals surface area contributed by atoms with E-state index in [1.807, 2.05) is 0 Å². The fourth-order valence-electron chi connectivity index (χ4n) is 4.15. The van der Waals surface area contributed by atoms with E-state index >= 15 is 0 Å². The van der Waals surface area contributed by atoms with Crippen LogP contribution < -0.4 is 0 Å². The molecule has 2 saturated carbocycles. The Bertz CT molecular complexity index is 216. The standard InChI is InChI=1S/C13H20/c1-2-6-12-10(4-1)8-9-11-5-3-7-13(11)12/h1,4,10-13H,2-3,5-9H2. The molecule has 4 unspecified atom stereocenters. The molecule has 72 valence electrons. The van der Waals surface area contributed by atoms with E-state index in [0.29, 0.717) is 0 Å². The van der Waals surface area contributed by atoms with Gasteiger partial charge in [-0.1, -0.05) is 25.0 Å². The Labute approximate surface area is 81.4 Å². The van der Waals surface area contributed by atoms with Gasteiger partial charge in [-0.05, 0) is 55.8 Å².